The highest BCUT2D eigenvalue weighted by Gasteiger charge is 2.27. The predicted octanol–water partition coefficient (Wildman–Crippen LogP) is 3.21. The summed E-state index contributed by atoms with van der Waals surface area (Å²) in [5.41, 5.74) is 2.29. The number of piperidine rings is 1. The molecule has 4 rings (SSSR count). The van der Waals surface area contributed by atoms with Crippen LogP contribution in [0.4, 0.5) is 10.2 Å². The molecule has 7 heteroatoms. The van der Waals surface area contributed by atoms with Gasteiger partial charge in [-0.3, -0.25) is 9.59 Å². The normalized spacial score (nSPS) is 16.2. The number of nitrogens with one attached hydrogen (secondary N) is 1. The lowest BCUT2D eigenvalue weighted by Crippen LogP contribution is -2.43. The fourth-order valence-electron chi connectivity index (χ4n) is 3.90. The lowest BCUT2D eigenvalue weighted by molar-refractivity contribution is -0.125. The second kappa shape index (κ2) is 9.12. The van der Waals surface area contributed by atoms with Gasteiger partial charge < -0.3 is 10.2 Å². The van der Waals surface area contributed by atoms with Crippen molar-refractivity contribution in [3.63, 3.8) is 0 Å². The van der Waals surface area contributed by atoms with E-state index in [9.17, 15) is 14.0 Å². The van der Waals surface area contributed by atoms with E-state index < -0.39 is 5.82 Å². The van der Waals surface area contributed by atoms with Crippen molar-refractivity contribution in [1.29, 1.82) is 0 Å². The number of aromatic nitrogens is 2. The van der Waals surface area contributed by atoms with Crippen LogP contribution in [0.25, 0.3) is 5.69 Å². The molecular weight excluding hydrogens is 395 g/mol. The number of carbonyl (C=O) groups excluding carboxylic acids is 1. The van der Waals surface area contributed by atoms with Gasteiger partial charge in [0.2, 0.25) is 5.91 Å². The van der Waals surface area contributed by atoms with Crippen LogP contribution >= 0.6 is 0 Å². The largest absolute Gasteiger partial charge is 0.354 e. The highest BCUT2D eigenvalue weighted by Crippen LogP contribution is 2.22. The van der Waals surface area contributed by atoms with Crippen LogP contribution in [0.5, 0.6) is 0 Å². The maximum absolute atomic E-state index is 13.6. The molecule has 1 N–H and O–H groups in total. The highest BCUT2D eigenvalue weighted by molar-refractivity contribution is 5.79. The summed E-state index contributed by atoms with van der Waals surface area (Å²) in [6, 6.07) is 16.9. The summed E-state index contributed by atoms with van der Waals surface area (Å²) in [6.45, 7) is 3.80. The van der Waals surface area contributed by atoms with E-state index in [0.29, 0.717) is 24.6 Å². The van der Waals surface area contributed by atoms with Gasteiger partial charge in [-0.2, -0.15) is 4.68 Å². The molecule has 160 valence electrons. The van der Waals surface area contributed by atoms with E-state index in [1.165, 1.54) is 22.9 Å². The van der Waals surface area contributed by atoms with Crippen LogP contribution < -0.4 is 15.8 Å². The molecule has 1 aliphatic rings. The van der Waals surface area contributed by atoms with Gasteiger partial charge in [0, 0.05) is 25.7 Å². The van der Waals surface area contributed by atoms with E-state index in [1.54, 1.807) is 18.2 Å². The Bertz CT molecular complexity index is 1140. The topological polar surface area (TPSA) is 67.2 Å². The van der Waals surface area contributed by atoms with Crippen LogP contribution in [-0.2, 0) is 11.3 Å². The van der Waals surface area contributed by atoms with Crippen LogP contribution in [0.2, 0.25) is 0 Å². The first-order valence-corrected chi connectivity index (χ1v) is 10.4. The van der Waals surface area contributed by atoms with Crippen LogP contribution in [0, 0.1) is 18.7 Å². The van der Waals surface area contributed by atoms with Gasteiger partial charge in [0.05, 0.1) is 11.6 Å². The van der Waals surface area contributed by atoms with Crippen molar-refractivity contribution in [3.8, 4) is 5.69 Å². The average molecular weight is 420 g/mol. The maximum Gasteiger partial charge on any atom is 0.271 e. The van der Waals surface area contributed by atoms with Gasteiger partial charge in [-0.05, 0) is 55.2 Å². The second-order valence-corrected chi connectivity index (χ2v) is 7.85. The summed E-state index contributed by atoms with van der Waals surface area (Å²) >= 11 is 0. The number of nitrogens with zero attached hydrogens (tertiary/aromatic N) is 3. The first-order valence-electron chi connectivity index (χ1n) is 10.4. The molecule has 0 aliphatic carbocycles. The molecule has 1 aliphatic heterocycles. The Morgan fingerprint density at radius 2 is 2.00 bits per heavy atom. The van der Waals surface area contributed by atoms with E-state index in [2.05, 4.69) is 10.4 Å². The fraction of sp³-hybridized carbons (Fsp3) is 0.292. The van der Waals surface area contributed by atoms with Crippen LogP contribution in [-0.4, -0.2) is 28.8 Å². The minimum absolute atomic E-state index is 0.0198. The number of hydrogen-bond donors (Lipinski definition) is 1. The van der Waals surface area contributed by atoms with Gasteiger partial charge in [-0.15, -0.1) is 5.10 Å². The van der Waals surface area contributed by atoms with Crippen molar-refractivity contribution in [1.82, 2.24) is 15.1 Å². The van der Waals surface area contributed by atoms with E-state index in [1.807, 2.05) is 36.1 Å². The molecule has 0 spiro atoms. The Kier molecular flexibility index (Phi) is 6.11. The van der Waals surface area contributed by atoms with Crippen LogP contribution in [0.15, 0.2) is 65.5 Å². The van der Waals surface area contributed by atoms with Gasteiger partial charge in [0.25, 0.3) is 5.56 Å². The Morgan fingerprint density at radius 3 is 2.81 bits per heavy atom. The third-order valence-electron chi connectivity index (χ3n) is 5.67. The van der Waals surface area contributed by atoms with Crippen molar-refractivity contribution in [2.24, 2.45) is 5.92 Å². The molecule has 1 atom stereocenters. The molecule has 1 unspecified atom stereocenters. The lowest BCUT2D eigenvalue weighted by atomic mass is 9.97. The Balaban J connectivity index is 1.47. The Hall–Kier alpha value is -3.48. The SMILES string of the molecule is Cc1ccccc1CNC(=O)C1CCCN(c2ccc(=O)n(-c3cccc(F)c3)n2)C1. The number of amides is 1. The van der Waals surface area contributed by atoms with Crippen molar-refractivity contribution < 1.29 is 9.18 Å². The summed E-state index contributed by atoms with van der Waals surface area (Å²) in [7, 11) is 0. The van der Waals surface area contributed by atoms with Gasteiger partial charge in [0.15, 0.2) is 0 Å². The summed E-state index contributed by atoms with van der Waals surface area (Å²) in [6.07, 6.45) is 1.66. The number of anilines is 1. The number of halogens is 1. The quantitative estimate of drug-likeness (QED) is 0.688. The smallest absolute Gasteiger partial charge is 0.271 e. The fourth-order valence-corrected chi connectivity index (χ4v) is 3.90. The molecule has 1 saturated heterocycles. The maximum atomic E-state index is 13.6. The molecule has 1 fully saturated rings. The van der Waals surface area contributed by atoms with E-state index >= 15 is 0 Å². The lowest BCUT2D eigenvalue weighted by Gasteiger charge is -2.33. The summed E-state index contributed by atoms with van der Waals surface area (Å²) in [5.74, 6) is 0.0285. The van der Waals surface area contributed by atoms with E-state index in [4.69, 9.17) is 0 Å². The van der Waals surface area contributed by atoms with E-state index in [0.717, 1.165) is 30.5 Å². The number of aryl methyl sites for hydroxylation is 1. The zero-order valence-corrected chi connectivity index (χ0v) is 17.4. The Morgan fingerprint density at radius 1 is 1.16 bits per heavy atom. The van der Waals surface area contributed by atoms with Crippen molar-refractivity contribution in [3.05, 3.63) is 88.0 Å². The molecule has 0 radical (unpaired) electrons. The summed E-state index contributed by atoms with van der Waals surface area (Å²) < 4.78 is 14.8. The highest BCUT2D eigenvalue weighted by atomic mass is 19.1. The minimum atomic E-state index is -0.431. The van der Waals surface area contributed by atoms with Crippen molar-refractivity contribution in [2.75, 3.05) is 18.0 Å². The average Bonchev–Trinajstić information content (AvgIpc) is 2.79. The second-order valence-electron chi connectivity index (χ2n) is 7.85. The number of rotatable bonds is 5. The standard InChI is InChI=1S/C24H25FN4O2/c1-17-6-2-3-7-18(17)15-26-24(31)19-8-5-13-28(16-19)22-11-12-23(30)29(27-22)21-10-4-9-20(25)14-21/h2-4,6-7,9-12,14,19H,5,8,13,15-16H2,1H3,(H,26,31). The van der Waals surface area contributed by atoms with Gasteiger partial charge in [0.1, 0.15) is 11.6 Å². The van der Waals surface area contributed by atoms with Gasteiger partial charge in [-0.1, -0.05) is 30.3 Å². The molecular formula is C24H25FN4O2. The number of carbonyl (C=O) groups is 1. The number of hydrogen-bond acceptors (Lipinski definition) is 4. The zero-order chi connectivity index (χ0) is 21.8. The predicted molar refractivity (Wildman–Crippen MR) is 118 cm³/mol. The van der Waals surface area contributed by atoms with Crippen molar-refractivity contribution >= 4 is 11.7 Å². The summed E-state index contributed by atoms with van der Waals surface area (Å²) in [5, 5.41) is 7.49. The molecule has 1 amide bonds. The van der Waals surface area contributed by atoms with Crippen LogP contribution in [0.1, 0.15) is 24.0 Å². The summed E-state index contributed by atoms with van der Waals surface area (Å²) in [4.78, 5) is 27.1. The van der Waals surface area contributed by atoms with Crippen molar-refractivity contribution in [2.45, 2.75) is 26.3 Å². The molecule has 0 bridgehead atoms. The van der Waals surface area contributed by atoms with E-state index in [-0.39, 0.29) is 17.4 Å². The van der Waals surface area contributed by atoms with Gasteiger partial charge in [-0.25, -0.2) is 4.39 Å². The molecule has 1 aromatic heterocycles. The molecule has 31 heavy (non-hydrogen) atoms. The third-order valence-corrected chi connectivity index (χ3v) is 5.67. The monoisotopic (exact) mass is 420 g/mol. The molecule has 6 nitrogen and oxygen atoms in total. The minimum Gasteiger partial charge on any atom is -0.354 e. The first-order chi connectivity index (χ1) is 15.0. The molecule has 2 heterocycles. The molecule has 0 saturated carbocycles. The number of benzene rings is 2. The zero-order valence-electron chi connectivity index (χ0n) is 17.4. The molecule has 2 aromatic carbocycles. The van der Waals surface area contributed by atoms with Gasteiger partial charge >= 0.3 is 0 Å². The van der Waals surface area contributed by atoms with Crippen LogP contribution in [0.3, 0.4) is 0 Å². The Labute approximate surface area is 180 Å². The first kappa shape index (κ1) is 20.8. The third kappa shape index (κ3) is 4.82. The molecule has 3 aromatic rings.